The summed E-state index contributed by atoms with van der Waals surface area (Å²) in [6, 6.07) is 8.27. The van der Waals surface area contributed by atoms with Gasteiger partial charge in [0.15, 0.2) is 5.69 Å². The summed E-state index contributed by atoms with van der Waals surface area (Å²) in [6.45, 7) is 2.08. The molecule has 2 aromatic heterocycles. The summed E-state index contributed by atoms with van der Waals surface area (Å²) in [7, 11) is 0. The highest BCUT2D eigenvalue weighted by Gasteiger charge is 2.17. The summed E-state index contributed by atoms with van der Waals surface area (Å²) in [5.41, 5.74) is 4.69. The van der Waals surface area contributed by atoms with E-state index in [1.54, 1.807) is 43.5 Å². The monoisotopic (exact) mass is 415 g/mol. The van der Waals surface area contributed by atoms with Crippen molar-refractivity contribution in [3.63, 3.8) is 0 Å². The van der Waals surface area contributed by atoms with Gasteiger partial charge in [-0.2, -0.15) is 5.10 Å². The lowest BCUT2D eigenvalue weighted by Crippen LogP contribution is -2.42. The van der Waals surface area contributed by atoms with E-state index >= 15 is 0 Å². The van der Waals surface area contributed by atoms with Crippen LogP contribution in [0.5, 0.6) is 0 Å². The average molecular weight is 416 g/mol. The van der Waals surface area contributed by atoms with Crippen molar-refractivity contribution in [3.05, 3.63) is 68.8 Å². The summed E-state index contributed by atoms with van der Waals surface area (Å²) in [5.74, 6) is -1.15. The lowest BCUT2D eigenvalue weighted by Gasteiger charge is -2.11. The fraction of sp³-hybridized carbons (Fsp3) is 0.118. The smallest absolute Gasteiger partial charge is 0.267 e. The molecule has 2 N–H and O–H groups in total. The summed E-state index contributed by atoms with van der Waals surface area (Å²) >= 11 is 3.22. The molecule has 3 rings (SSSR count). The summed E-state index contributed by atoms with van der Waals surface area (Å²) < 4.78 is 1.84. The highest BCUT2D eigenvalue weighted by molar-refractivity contribution is 9.10. The molecule has 0 saturated carbocycles. The molecule has 0 radical (unpaired) electrons. The van der Waals surface area contributed by atoms with Gasteiger partial charge in [-0.3, -0.25) is 30.2 Å². The maximum Gasteiger partial charge on any atom is 0.290 e. The van der Waals surface area contributed by atoms with Crippen molar-refractivity contribution in [1.29, 1.82) is 0 Å². The summed E-state index contributed by atoms with van der Waals surface area (Å²) in [5, 5.41) is 4.91. The standard InChI is InChI=1S/C17H14BrN5O3/c1-2-23-17(26)13-6-4-3-5-12(13)14(22-23)16(25)21-20-15(24)10-7-11(18)9-19-8-10/h3-9H,2H2,1H3,(H,20,24)(H,21,25). The molecule has 0 aliphatic heterocycles. The molecular weight excluding hydrogens is 402 g/mol. The van der Waals surface area contributed by atoms with E-state index in [0.717, 1.165) is 0 Å². The van der Waals surface area contributed by atoms with Crippen molar-refractivity contribution < 1.29 is 9.59 Å². The number of aromatic nitrogens is 3. The van der Waals surface area contributed by atoms with E-state index in [-0.39, 0.29) is 16.8 Å². The molecule has 0 spiro atoms. The van der Waals surface area contributed by atoms with Gasteiger partial charge < -0.3 is 0 Å². The average Bonchev–Trinajstić information content (AvgIpc) is 2.66. The van der Waals surface area contributed by atoms with E-state index in [0.29, 0.717) is 21.8 Å². The van der Waals surface area contributed by atoms with Crippen LogP contribution in [0.1, 0.15) is 27.8 Å². The topological polar surface area (TPSA) is 106 Å². The Hall–Kier alpha value is -3.07. The van der Waals surface area contributed by atoms with Crippen molar-refractivity contribution in [2.45, 2.75) is 13.5 Å². The largest absolute Gasteiger partial charge is 0.290 e. The minimum absolute atomic E-state index is 0.0507. The normalized spacial score (nSPS) is 10.5. The second kappa shape index (κ2) is 7.44. The molecule has 8 nitrogen and oxygen atoms in total. The molecule has 0 bridgehead atoms. The zero-order valence-electron chi connectivity index (χ0n) is 13.7. The van der Waals surface area contributed by atoms with Gasteiger partial charge in [0.1, 0.15) is 0 Å². The van der Waals surface area contributed by atoms with Crippen molar-refractivity contribution in [2.24, 2.45) is 0 Å². The van der Waals surface area contributed by atoms with E-state index in [1.165, 1.54) is 10.9 Å². The SMILES string of the molecule is CCn1nc(C(=O)NNC(=O)c2cncc(Br)c2)c2ccccc2c1=O. The maximum atomic E-state index is 12.5. The highest BCUT2D eigenvalue weighted by atomic mass is 79.9. The summed E-state index contributed by atoms with van der Waals surface area (Å²) in [4.78, 5) is 40.8. The first-order valence-electron chi connectivity index (χ1n) is 7.72. The number of nitrogens with zero attached hydrogens (tertiary/aromatic N) is 3. The van der Waals surface area contributed by atoms with Crippen molar-refractivity contribution in [1.82, 2.24) is 25.6 Å². The van der Waals surface area contributed by atoms with Crippen LogP contribution in [0.15, 0.2) is 52.0 Å². The predicted octanol–water partition coefficient (Wildman–Crippen LogP) is 1.65. The lowest BCUT2D eigenvalue weighted by molar-refractivity contribution is 0.0843. The zero-order valence-corrected chi connectivity index (χ0v) is 15.3. The number of carbonyl (C=O) groups is 2. The fourth-order valence-electron chi connectivity index (χ4n) is 2.40. The van der Waals surface area contributed by atoms with Crippen molar-refractivity contribution in [3.8, 4) is 0 Å². The molecule has 0 unspecified atom stereocenters. The van der Waals surface area contributed by atoms with E-state index in [9.17, 15) is 14.4 Å². The molecule has 0 aliphatic carbocycles. The number of pyridine rings is 1. The first-order valence-corrected chi connectivity index (χ1v) is 8.51. The number of fused-ring (bicyclic) bond motifs is 1. The number of hydrogen-bond acceptors (Lipinski definition) is 5. The zero-order chi connectivity index (χ0) is 18.7. The van der Waals surface area contributed by atoms with Crippen LogP contribution < -0.4 is 16.4 Å². The predicted molar refractivity (Wildman–Crippen MR) is 98.5 cm³/mol. The van der Waals surface area contributed by atoms with Crippen LogP contribution in [0.2, 0.25) is 0 Å². The molecule has 2 amide bonds. The van der Waals surface area contributed by atoms with Gasteiger partial charge in [0.05, 0.1) is 10.9 Å². The van der Waals surface area contributed by atoms with Gasteiger partial charge in [0.25, 0.3) is 17.4 Å². The third-order valence-corrected chi connectivity index (χ3v) is 4.07. The Bertz CT molecular complexity index is 1060. The third kappa shape index (κ3) is 3.47. The second-order valence-electron chi connectivity index (χ2n) is 5.32. The Morgan fingerprint density at radius 1 is 1.12 bits per heavy atom. The minimum atomic E-state index is -0.625. The Labute approximate surface area is 156 Å². The Morgan fingerprint density at radius 3 is 2.50 bits per heavy atom. The van der Waals surface area contributed by atoms with Crippen LogP contribution >= 0.6 is 15.9 Å². The van der Waals surface area contributed by atoms with Gasteiger partial charge in [-0.05, 0) is 35.0 Å². The van der Waals surface area contributed by atoms with Gasteiger partial charge >= 0.3 is 0 Å². The lowest BCUT2D eigenvalue weighted by atomic mass is 10.1. The molecule has 3 aromatic rings. The van der Waals surface area contributed by atoms with Crippen LogP contribution in [0, 0.1) is 0 Å². The van der Waals surface area contributed by atoms with Crippen molar-refractivity contribution >= 4 is 38.5 Å². The number of nitrogens with one attached hydrogen (secondary N) is 2. The molecular formula is C17H14BrN5O3. The summed E-state index contributed by atoms with van der Waals surface area (Å²) in [6.07, 6.45) is 2.91. The molecule has 132 valence electrons. The second-order valence-corrected chi connectivity index (χ2v) is 6.23. The molecule has 1 aromatic carbocycles. The number of amides is 2. The quantitative estimate of drug-likeness (QED) is 0.632. The maximum absolute atomic E-state index is 12.5. The molecule has 0 atom stereocenters. The molecule has 0 aliphatic rings. The first-order chi connectivity index (χ1) is 12.5. The van der Waals surface area contributed by atoms with Gasteiger partial charge in [-0.15, -0.1) is 0 Å². The molecule has 26 heavy (non-hydrogen) atoms. The Kier molecular flexibility index (Phi) is 5.08. The van der Waals surface area contributed by atoms with E-state index < -0.39 is 11.8 Å². The van der Waals surface area contributed by atoms with Crippen LogP contribution in [-0.4, -0.2) is 26.6 Å². The first kappa shape index (κ1) is 17.7. The molecule has 0 saturated heterocycles. The van der Waals surface area contributed by atoms with Gasteiger partial charge in [0.2, 0.25) is 0 Å². The van der Waals surface area contributed by atoms with E-state index in [4.69, 9.17) is 0 Å². The van der Waals surface area contributed by atoms with Gasteiger partial charge in [-0.1, -0.05) is 18.2 Å². The van der Waals surface area contributed by atoms with Crippen LogP contribution in [0.4, 0.5) is 0 Å². The van der Waals surface area contributed by atoms with Crippen LogP contribution in [0.3, 0.4) is 0 Å². The van der Waals surface area contributed by atoms with Crippen molar-refractivity contribution in [2.75, 3.05) is 0 Å². The number of benzene rings is 1. The molecule has 0 fully saturated rings. The van der Waals surface area contributed by atoms with Crippen LogP contribution in [-0.2, 0) is 6.54 Å². The van der Waals surface area contributed by atoms with Gasteiger partial charge in [-0.25, -0.2) is 4.68 Å². The van der Waals surface area contributed by atoms with Crippen LogP contribution in [0.25, 0.3) is 10.8 Å². The number of halogens is 1. The molecule has 9 heteroatoms. The fourth-order valence-corrected chi connectivity index (χ4v) is 2.76. The third-order valence-electron chi connectivity index (χ3n) is 3.64. The number of aryl methyl sites for hydroxylation is 1. The minimum Gasteiger partial charge on any atom is -0.267 e. The Morgan fingerprint density at radius 2 is 1.81 bits per heavy atom. The number of carbonyl (C=O) groups excluding carboxylic acids is 2. The highest BCUT2D eigenvalue weighted by Crippen LogP contribution is 2.13. The van der Waals surface area contributed by atoms with E-state index in [2.05, 4.69) is 36.9 Å². The van der Waals surface area contributed by atoms with E-state index in [1.807, 2.05) is 0 Å². The van der Waals surface area contributed by atoms with Gasteiger partial charge in [0, 0.05) is 28.8 Å². The number of hydrogen-bond donors (Lipinski definition) is 2. The molecule has 2 heterocycles. The number of rotatable bonds is 3. The Balaban J connectivity index is 1.87. The number of hydrazine groups is 1.